The maximum absolute atomic E-state index is 14.3. The summed E-state index contributed by atoms with van der Waals surface area (Å²) >= 11 is 0. The van der Waals surface area contributed by atoms with Crippen molar-refractivity contribution in [2.24, 2.45) is 45.3 Å². The molecule has 23 nitrogen and oxygen atoms in total. The lowest BCUT2D eigenvalue weighted by Crippen LogP contribution is -2.60. The number of aldehydes is 1. The number of carbonyl (C=O) groups excluding carboxylic acids is 8. The molecule has 19 N–H and O–H groups in total. The second-order valence-corrected chi connectivity index (χ2v) is 18.1. The van der Waals surface area contributed by atoms with Gasteiger partial charge in [0.1, 0.15) is 42.5 Å². The van der Waals surface area contributed by atoms with E-state index in [2.05, 4.69) is 42.2 Å². The largest absolute Gasteiger partial charge is 0.370 e. The van der Waals surface area contributed by atoms with Gasteiger partial charge in [0.25, 0.3) is 0 Å². The van der Waals surface area contributed by atoms with E-state index in [1.807, 2.05) is 0 Å². The number of hydrogen-bond donors (Lipinski definition) is 13. The maximum atomic E-state index is 14.3. The number of amides is 7. The number of unbranched alkanes of at least 4 members (excludes halogenated alkanes) is 4. The Morgan fingerprint density at radius 2 is 1.00 bits per heavy atom. The first kappa shape index (κ1) is 59.2. The number of nitrogens with zero attached hydrogens (tertiary/aromatic N) is 2. The van der Waals surface area contributed by atoms with Crippen LogP contribution in [0.1, 0.15) is 129 Å². The number of aliphatic imine (C=N–C) groups is 1. The summed E-state index contributed by atoms with van der Waals surface area (Å²) in [4.78, 5) is 115. The third-order valence-electron chi connectivity index (χ3n) is 12.3. The summed E-state index contributed by atoms with van der Waals surface area (Å²) in [7, 11) is 0. The molecule has 2 saturated heterocycles. The number of nitrogens with one attached hydrogen (secondary N) is 7. The summed E-state index contributed by atoms with van der Waals surface area (Å²) in [6.45, 7) is 6.19. The molecule has 388 valence electrons. The van der Waals surface area contributed by atoms with Gasteiger partial charge >= 0.3 is 0 Å². The predicted octanol–water partition coefficient (Wildman–Crippen LogP) is -2.94. The first-order valence-electron chi connectivity index (χ1n) is 24.8. The zero-order valence-electron chi connectivity index (χ0n) is 40.6. The van der Waals surface area contributed by atoms with Gasteiger partial charge < -0.3 is 81.3 Å². The van der Waals surface area contributed by atoms with Crippen LogP contribution in [0.2, 0.25) is 0 Å². The Balaban J connectivity index is 2.38. The number of hydrogen-bond acceptors (Lipinski definition) is 14. The lowest BCUT2D eigenvalue weighted by Gasteiger charge is -2.29. The summed E-state index contributed by atoms with van der Waals surface area (Å²) in [5.74, 6) is -4.22. The molecule has 0 aromatic carbocycles. The molecule has 0 aromatic rings. The molecule has 2 aliphatic heterocycles. The third kappa shape index (κ3) is 21.5. The molecule has 8 atom stereocenters. The molecule has 23 heteroatoms. The first-order valence-corrected chi connectivity index (χ1v) is 24.8. The highest BCUT2D eigenvalue weighted by atomic mass is 16.2. The molecule has 0 saturated carbocycles. The molecule has 2 fully saturated rings. The van der Waals surface area contributed by atoms with Gasteiger partial charge in [-0.2, -0.15) is 0 Å². The van der Waals surface area contributed by atoms with Crippen LogP contribution in [-0.2, 0) is 38.4 Å². The zero-order chi connectivity index (χ0) is 50.4. The number of rotatable bonds is 35. The minimum absolute atomic E-state index is 0.0389. The van der Waals surface area contributed by atoms with Crippen LogP contribution in [0.3, 0.4) is 0 Å². The Hall–Kier alpha value is -4.97. The molecular weight excluding hydrogens is 879 g/mol. The molecule has 68 heavy (non-hydrogen) atoms. The fourth-order valence-electron chi connectivity index (χ4n) is 8.20. The summed E-state index contributed by atoms with van der Waals surface area (Å²) in [6.07, 6.45) is 8.31. The van der Waals surface area contributed by atoms with Crippen molar-refractivity contribution in [2.75, 3.05) is 45.8 Å². The molecule has 0 aromatic heterocycles. The van der Waals surface area contributed by atoms with Gasteiger partial charge in [0.2, 0.25) is 41.4 Å². The van der Waals surface area contributed by atoms with Crippen LogP contribution < -0.4 is 71.6 Å². The quantitative estimate of drug-likeness (QED) is 0.0131. The van der Waals surface area contributed by atoms with Gasteiger partial charge in [-0.05, 0) is 154 Å². The van der Waals surface area contributed by atoms with Gasteiger partial charge in [0.15, 0.2) is 5.96 Å². The van der Waals surface area contributed by atoms with E-state index in [4.69, 9.17) is 34.4 Å². The molecule has 7 amide bonds. The van der Waals surface area contributed by atoms with E-state index in [0.717, 1.165) is 13.0 Å². The standard InChI is InChI=1S/C45H85N15O8/c1-29(2)36(28-61)59-42(66)32(16-5-9-23-48)56-41(65)34(18-11-26-53-45(50)51)57-39(63)31(15-4-8-22-47)54-38(62)30(14-3-7-21-46)55-40(64)33(17-6-10-24-49)58-43(67)37-20-13-27-60(37)44(68)35-19-12-25-52-35/h28-37,52H,3-27,46-49H2,1-2H3,(H,54,62)(H,55,64)(H,56,65)(H,57,63)(H,58,67)(H,59,66)(H4,50,51,53)/t30-,31-,32-,33-,34-,35-,36+,37-/m0/s1. The smallest absolute Gasteiger partial charge is 0.243 e. The van der Waals surface area contributed by atoms with E-state index < -0.39 is 77.7 Å². The molecule has 0 bridgehead atoms. The van der Waals surface area contributed by atoms with E-state index in [0.29, 0.717) is 110 Å². The predicted molar refractivity (Wildman–Crippen MR) is 260 cm³/mol. The SMILES string of the molecule is CC(C)[C@@H](C=O)NC(=O)[C@H](CCCCN)NC(=O)[C@H](CCCN=C(N)N)NC(=O)[C@H](CCCCN)NC(=O)[C@H](CCCCN)NC(=O)[C@H](CCCCN)NC(=O)[C@@H]1CCCN1C(=O)[C@@H]1CCCN1. The topological polar surface area (TPSA) is 392 Å². The van der Waals surface area contributed by atoms with Gasteiger partial charge in [-0.15, -0.1) is 0 Å². The molecule has 0 aliphatic carbocycles. The minimum atomic E-state index is -1.22. The van der Waals surface area contributed by atoms with E-state index in [1.165, 1.54) is 0 Å². The Morgan fingerprint density at radius 3 is 1.37 bits per heavy atom. The normalized spacial score (nSPS) is 18.3. The van der Waals surface area contributed by atoms with E-state index >= 15 is 0 Å². The van der Waals surface area contributed by atoms with Crippen molar-refractivity contribution >= 4 is 53.6 Å². The molecule has 0 spiro atoms. The third-order valence-corrected chi connectivity index (χ3v) is 12.3. The Morgan fingerprint density at radius 1 is 0.588 bits per heavy atom. The highest BCUT2D eigenvalue weighted by molar-refractivity contribution is 5.97. The maximum Gasteiger partial charge on any atom is 0.243 e. The lowest BCUT2D eigenvalue weighted by atomic mass is 10.0. The van der Waals surface area contributed by atoms with Crippen LogP contribution in [0.15, 0.2) is 4.99 Å². The Labute approximate surface area is 402 Å². The minimum Gasteiger partial charge on any atom is -0.370 e. The van der Waals surface area contributed by atoms with Crippen LogP contribution in [0.5, 0.6) is 0 Å². The molecule has 2 heterocycles. The Kier molecular flexibility index (Phi) is 29.2. The highest BCUT2D eigenvalue weighted by Crippen LogP contribution is 2.21. The van der Waals surface area contributed by atoms with Crippen LogP contribution in [0.4, 0.5) is 0 Å². The molecule has 2 aliphatic rings. The van der Waals surface area contributed by atoms with Gasteiger partial charge in [-0.1, -0.05) is 13.8 Å². The highest BCUT2D eigenvalue weighted by Gasteiger charge is 2.40. The number of guanidine groups is 1. The summed E-state index contributed by atoms with van der Waals surface area (Å²) < 4.78 is 0. The van der Waals surface area contributed by atoms with Gasteiger partial charge in [0.05, 0.1) is 12.1 Å². The number of carbonyl (C=O) groups is 8. The van der Waals surface area contributed by atoms with Gasteiger partial charge in [-0.3, -0.25) is 38.6 Å². The lowest BCUT2D eigenvalue weighted by molar-refractivity contribution is -0.141. The average molecular weight is 964 g/mol. The summed E-state index contributed by atoms with van der Waals surface area (Å²) in [5.41, 5.74) is 34.1. The molecular formula is C45H85N15O8. The second kappa shape index (κ2) is 33.5. The van der Waals surface area contributed by atoms with Crippen molar-refractivity contribution in [1.82, 2.24) is 42.1 Å². The van der Waals surface area contributed by atoms with Crippen molar-refractivity contribution in [3.05, 3.63) is 0 Å². The van der Waals surface area contributed by atoms with Crippen molar-refractivity contribution < 1.29 is 38.4 Å². The van der Waals surface area contributed by atoms with E-state index in [1.54, 1.807) is 18.7 Å². The van der Waals surface area contributed by atoms with Crippen LogP contribution in [-0.4, -0.2) is 153 Å². The van der Waals surface area contributed by atoms with Crippen molar-refractivity contribution in [1.29, 1.82) is 0 Å². The van der Waals surface area contributed by atoms with Crippen molar-refractivity contribution in [3.63, 3.8) is 0 Å². The van der Waals surface area contributed by atoms with E-state index in [-0.39, 0.29) is 68.9 Å². The van der Waals surface area contributed by atoms with E-state index in [9.17, 15) is 38.4 Å². The van der Waals surface area contributed by atoms with Crippen LogP contribution in [0, 0.1) is 5.92 Å². The van der Waals surface area contributed by atoms with Gasteiger partial charge in [0, 0.05) is 13.1 Å². The zero-order valence-corrected chi connectivity index (χ0v) is 40.6. The fourth-order valence-corrected chi connectivity index (χ4v) is 8.20. The monoisotopic (exact) mass is 964 g/mol. The molecule has 0 unspecified atom stereocenters. The first-order chi connectivity index (χ1) is 32.6. The van der Waals surface area contributed by atoms with Gasteiger partial charge in [-0.25, -0.2) is 0 Å². The van der Waals surface area contributed by atoms with Crippen LogP contribution in [0.25, 0.3) is 0 Å². The molecule has 0 radical (unpaired) electrons. The Bertz CT molecular complexity index is 1610. The van der Waals surface area contributed by atoms with Crippen molar-refractivity contribution in [2.45, 2.75) is 178 Å². The fraction of sp³-hybridized carbons (Fsp3) is 0.800. The second-order valence-electron chi connectivity index (χ2n) is 18.1. The average Bonchev–Trinajstić information content (AvgIpc) is 4.04. The summed E-state index contributed by atoms with van der Waals surface area (Å²) in [5, 5.41) is 19.9. The summed E-state index contributed by atoms with van der Waals surface area (Å²) in [6, 6.07) is -7.59. The van der Waals surface area contributed by atoms with Crippen LogP contribution >= 0.6 is 0 Å². The number of nitrogens with two attached hydrogens (primary N) is 6. The number of likely N-dealkylation sites (tertiary alicyclic amines) is 1. The van der Waals surface area contributed by atoms with Crippen molar-refractivity contribution in [3.8, 4) is 0 Å². The molecule has 2 rings (SSSR count).